The van der Waals surface area contributed by atoms with Crippen molar-refractivity contribution in [3.05, 3.63) is 265 Å². The number of aromatic nitrogens is 2. The molecule has 63 heavy (non-hydrogen) atoms. The van der Waals surface area contributed by atoms with Gasteiger partial charge in [0.25, 0.3) is 0 Å². The highest BCUT2D eigenvalue weighted by molar-refractivity contribution is 6.12. The molecule has 0 spiro atoms. The molecular formula is C61H40N2. The van der Waals surface area contributed by atoms with Crippen molar-refractivity contribution in [2.45, 2.75) is 5.41 Å². The molecule has 0 aliphatic heterocycles. The van der Waals surface area contributed by atoms with Gasteiger partial charge in [0.1, 0.15) is 0 Å². The molecule has 2 heteroatoms. The number of hydrogen-bond donors (Lipinski definition) is 0. The summed E-state index contributed by atoms with van der Waals surface area (Å²) >= 11 is 0. The standard InChI is InChI=1S/C61H40N2/c1-4-16-45(17-5-1)61(46-18-6-2-7-19-46)55-25-13-10-22-49(55)52-38-42(30-35-56(52)61)41-28-33-48(34-29-41)63-58-27-15-12-24-51(58)54-40-44(32-37-60(54)63)43-31-36-59-53(39-43)50-23-11-14-26-57(50)62(59)47-20-8-3-9-21-47/h1-40H. The first-order valence-corrected chi connectivity index (χ1v) is 21.8. The number of hydrogen-bond acceptors (Lipinski definition) is 0. The van der Waals surface area contributed by atoms with Crippen molar-refractivity contribution < 1.29 is 0 Å². The van der Waals surface area contributed by atoms with E-state index in [1.807, 2.05) is 0 Å². The maximum atomic E-state index is 2.42. The topological polar surface area (TPSA) is 9.86 Å². The molecule has 1 aliphatic rings. The predicted octanol–water partition coefficient (Wildman–Crippen LogP) is 15.6. The Kier molecular flexibility index (Phi) is 7.85. The second kappa shape index (κ2) is 13.9. The second-order valence-corrected chi connectivity index (χ2v) is 16.8. The fourth-order valence-electron chi connectivity index (χ4n) is 10.9. The van der Waals surface area contributed by atoms with E-state index in [1.54, 1.807) is 0 Å². The van der Waals surface area contributed by atoms with Gasteiger partial charge in [-0.15, -0.1) is 0 Å². The van der Waals surface area contributed by atoms with Crippen LogP contribution in [0, 0.1) is 0 Å². The normalized spacial score (nSPS) is 12.9. The summed E-state index contributed by atoms with van der Waals surface area (Å²) in [5, 5.41) is 5.01. The molecule has 0 atom stereocenters. The van der Waals surface area contributed by atoms with E-state index in [2.05, 4.69) is 252 Å². The van der Waals surface area contributed by atoms with Crippen molar-refractivity contribution in [1.82, 2.24) is 9.13 Å². The van der Waals surface area contributed by atoms with E-state index in [4.69, 9.17) is 0 Å². The lowest BCUT2D eigenvalue weighted by atomic mass is 9.67. The molecule has 0 unspecified atom stereocenters. The van der Waals surface area contributed by atoms with Crippen molar-refractivity contribution in [1.29, 1.82) is 0 Å². The molecule has 294 valence electrons. The first-order chi connectivity index (χ1) is 31.3. The van der Waals surface area contributed by atoms with Gasteiger partial charge in [0.15, 0.2) is 0 Å². The van der Waals surface area contributed by atoms with Crippen LogP contribution in [0.1, 0.15) is 22.3 Å². The van der Waals surface area contributed by atoms with Crippen molar-refractivity contribution in [3.63, 3.8) is 0 Å². The first-order valence-electron chi connectivity index (χ1n) is 21.8. The summed E-state index contributed by atoms with van der Waals surface area (Å²) in [7, 11) is 0. The highest BCUT2D eigenvalue weighted by atomic mass is 15.0. The fraction of sp³-hybridized carbons (Fsp3) is 0.0164. The average Bonchev–Trinajstić information content (AvgIpc) is 3.98. The Morgan fingerprint density at radius 1 is 0.254 bits per heavy atom. The van der Waals surface area contributed by atoms with Crippen LogP contribution in [0.5, 0.6) is 0 Å². The summed E-state index contributed by atoms with van der Waals surface area (Å²) in [5.41, 5.74) is 19.4. The minimum absolute atomic E-state index is 0.400. The van der Waals surface area contributed by atoms with Gasteiger partial charge in [-0.1, -0.05) is 176 Å². The Labute approximate surface area is 366 Å². The predicted molar refractivity (Wildman–Crippen MR) is 263 cm³/mol. The highest BCUT2D eigenvalue weighted by Gasteiger charge is 2.45. The van der Waals surface area contributed by atoms with Crippen LogP contribution in [0.3, 0.4) is 0 Å². The van der Waals surface area contributed by atoms with Crippen LogP contribution in [0.15, 0.2) is 243 Å². The maximum Gasteiger partial charge on any atom is 0.0713 e. The highest BCUT2D eigenvalue weighted by Crippen LogP contribution is 2.56. The van der Waals surface area contributed by atoms with Crippen molar-refractivity contribution >= 4 is 43.6 Å². The quantitative estimate of drug-likeness (QED) is 0.159. The van der Waals surface area contributed by atoms with Crippen LogP contribution in [0.25, 0.3) is 88.4 Å². The number of para-hydroxylation sites is 3. The summed E-state index contributed by atoms with van der Waals surface area (Å²) in [4.78, 5) is 0. The molecule has 0 N–H and O–H groups in total. The fourth-order valence-corrected chi connectivity index (χ4v) is 10.9. The van der Waals surface area contributed by atoms with E-state index in [-0.39, 0.29) is 0 Å². The van der Waals surface area contributed by atoms with E-state index in [0.29, 0.717) is 0 Å². The molecule has 10 aromatic carbocycles. The molecule has 13 rings (SSSR count). The Morgan fingerprint density at radius 3 is 1.25 bits per heavy atom. The maximum absolute atomic E-state index is 2.42. The van der Waals surface area contributed by atoms with Crippen LogP contribution in [-0.4, -0.2) is 9.13 Å². The van der Waals surface area contributed by atoms with Crippen molar-refractivity contribution in [2.24, 2.45) is 0 Å². The Balaban J connectivity index is 0.900. The SMILES string of the molecule is c1ccc(-n2c3ccccc3c3cc(-c4ccc5c(c4)c4ccccc4n5-c4ccc(-c5ccc6c(c5)-c5ccccc5C6(c5ccccc5)c5ccccc5)cc4)ccc32)cc1. The van der Waals surface area contributed by atoms with Gasteiger partial charge >= 0.3 is 0 Å². The molecule has 0 amide bonds. The van der Waals surface area contributed by atoms with E-state index < -0.39 is 5.41 Å². The average molecular weight is 801 g/mol. The molecule has 0 radical (unpaired) electrons. The van der Waals surface area contributed by atoms with Crippen LogP contribution >= 0.6 is 0 Å². The number of rotatable bonds is 6. The third-order valence-electron chi connectivity index (χ3n) is 13.6. The van der Waals surface area contributed by atoms with Gasteiger partial charge in [0, 0.05) is 32.9 Å². The first kappa shape index (κ1) is 35.5. The molecule has 12 aromatic rings. The van der Waals surface area contributed by atoms with Crippen LogP contribution in [-0.2, 0) is 5.41 Å². The molecule has 0 fully saturated rings. The Hall–Kier alpha value is -8.20. The van der Waals surface area contributed by atoms with Gasteiger partial charge in [-0.25, -0.2) is 0 Å². The van der Waals surface area contributed by atoms with Gasteiger partial charge in [-0.2, -0.15) is 0 Å². The molecule has 2 nitrogen and oxygen atoms in total. The lowest BCUT2D eigenvalue weighted by molar-refractivity contribution is 0.768. The van der Waals surface area contributed by atoms with Gasteiger partial charge < -0.3 is 9.13 Å². The third kappa shape index (κ3) is 5.25. The lowest BCUT2D eigenvalue weighted by Crippen LogP contribution is -2.28. The van der Waals surface area contributed by atoms with Gasteiger partial charge in [-0.05, 0) is 122 Å². The summed E-state index contributed by atoms with van der Waals surface area (Å²) in [5.74, 6) is 0. The zero-order valence-electron chi connectivity index (χ0n) is 34.5. The number of benzene rings is 10. The van der Waals surface area contributed by atoms with Gasteiger partial charge in [0.05, 0.1) is 27.5 Å². The summed E-state index contributed by atoms with van der Waals surface area (Å²) in [6.07, 6.45) is 0. The molecule has 2 heterocycles. The monoisotopic (exact) mass is 800 g/mol. The Bertz CT molecular complexity index is 3670. The zero-order valence-corrected chi connectivity index (χ0v) is 34.5. The van der Waals surface area contributed by atoms with E-state index in [0.717, 1.165) is 5.69 Å². The van der Waals surface area contributed by atoms with Crippen LogP contribution in [0.4, 0.5) is 0 Å². The largest absolute Gasteiger partial charge is 0.309 e. The molecule has 1 aliphatic carbocycles. The van der Waals surface area contributed by atoms with Gasteiger partial charge in [0.2, 0.25) is 0 Å². The molecule has 0 saturated heterocycles. The van der Waals surface area contributed by atoms with E-state index in [1.165, 1.54) is 105 Å². The van der Waals surface area contributed by atoms with E-state index >= 15 is 0 Å². The summed E-state index contributed by atoms with van der Waals surface area (Å²) < 4.78 is 4.80. The van der Waals surface area contributed by atoms with E-state index in [9.17, 15) is 0 Å². The molecule has 0 saturated carbocycles. The second-order valence-electron chi connectivity index (χ2n) is 16.8. The minimum Gasteiger partial charge on any atom is -0.309 e. The number of fused-ring (bicyclic) bond motifs is 9. The minimum atomic E-state index is -0.400. The smallest absolute Gasteiger partial charge is 0.0713 e. The summed E-state index contributed by atoms with van der Waals surface area (Å²) in [6.45, 7) is 0. The number of nitrogens with zero attached hydrogens (tertiary/aromatic N) is 2. The Morgan fingerprint density at radius 2 is 0.667 bits per heavy atom. The molecule has 2 aromatic heterocycles. The zero-order chi connectivity index (χ0) is 41.5. The summed E-state index contributed by atoms with van der Waals surface area (Å²) in [6, 6.07) is 89.4. The van der Waals surface area contributed by atoms with Crippen LogP contribution in [0.2, 0.25) is 0 Å². The third-order valence-corrected chi connectivity index (χ3v) is 13.6. The molecular weight excluding hydrogens is 761 g/mol. The van der Waals surface area contributed by atoms with Crippen molar-refractivity contribution in [3.8, 4) is 44.8 Å². The van der Waals surface area contributed by atoms with Crippen molar-refractivity contribution in [2.75, 3.05) is 0 Å². The van der Waals surface area contributed by atoms with Gasteiger partial charge in [-0.3, -0.25) is 0 Å². The molecule has 0 bridgehead atoms. The lowest BCUT2D eigenvalue weighted by Gasteiger charge is -2.33. The van der Waals surface area contributed by atoms with Crippen LogP contribution < -0.4 is 0 Å².